The topological polar surface area (TPSA) is 102 Å². The predicted octanol–water partition coefficient (Wildman–Crippen LogP) is 5.53. The fourth-order valence-corrected chi connectivity index (χ4v) is 5.34. The van der Waals surface area contributed by atoms with Crippen LogP contribution >= 0.6 is 0 Å². The van der Waals surface area contributed by atoms with Crippen LogP contribution in [0, 0.1) is 24.4 Å². The van der Waals surface area contributed by atoms with Crippen LogP contribution in [-0.2, 0) is 9.57 Å². The number of fused-ring (bicyclic) bond motifs is 1. The third kappa shape index (κ3) is 5.83. The molecule has 1 aliphatic heterocycles. The molecule has 0 saturated carbocycles. The highest BCUT2D eigenvalue weighted by Crippen LogP contribution is 2.41. The van der Waals surface area contributed by atoms with E-state index in [1.165, 1.54) is 19.2 Å². The van der Waals surface area contributed by atoms with Crippen molar-refractivity contribution in [3.63, 3.8) is 0 Å². The Morgan fingerprint density at radius 2 is 1.80 bits per heavy atom. The number of benzene rings is 3. The number of nitrogens with zero attached hydrogens (tertiary/aromatic N) is 2. The van der Waals surface area contributed by atoms with Crippen molar-refractivity contribution in [2.75, 3.05) is 37.5 Å². The lowest BCUT2D eigenvalue weighted by atomic mass is 9.94. The third-order valence-corrected chi connectivity index (χ3v) is 7.22. The quantitative estimate of drug-likeness (QED) is 0.266. The molecule has 4 aromatic rings. The molecule has 2 heterocycles. The van der Waals surface area contributed by atoms with E-state index in [0.29, 0.717) is 53.2 Å². The van der Waals surface area contributed by atoms with Gasteiger partial charge in [0, 0.05) is 55.0 Å². The molecule has 2 amide bonds. The van der Waals surface area contributed by atoms with Gasteiger partial charge >= 0.3 is 6.03 Å². The lowest BCUT2D eigenvalue weighted by Crippen LogP contribution is -2.51. The zero-order valence-electron chi connectivity index (χ0n) is 22.8. The van der Waals surface area contributed by atoms with Gasteiger partial charge in [0.15, 0.2) is 0 Å². The van der Waals surface area contributed by atoms with Gasteiger partial charge in [-0.25, -0.2) is 23.4 Å². The lowest BCUT2D eigenvalue weighted by molar-refractivity contribution is 0.0731. The number of aryl methyl sites for hydroxylation is 1. The van der Waals surface area contributed by atoms with Crippen LogP contribution in [0.1, 0.15) is 12.0 Å². The minimum absolute atomic E-state index is 0.115. The summed E-state index contributed by atoms with van der Waals surface area (Å²) in [5.41, 5.74) is 12.1. The Morgan fingerprint density at radius 1 is 1.02 bits per heavy atom. The molecule has 2 unspecified atom stereocenters. The fourth-order valence-electron chi connectivity index (χ4n) is 5.34. The van der Waals surface area contributed by atoms with Crippen molar-refractivity contribution in [3.05, 3.63) is 77.7 Å². The number of ether oxygens (including phenoxy) is 1. The van der Waals surface area contributed by atoms with Gasteiger partial charge in [-0.3, -0.25) is 9.82 Å². The molecule has 1 fully saturated rings. The standard InChI is InChI=1S/C30H30F3N5O3/c1-16-8-18(10-19(31)9-16)23-14-35-26-5-4-17(11-22(26)29(23)38-7-6-25(34)27(15-38)40-2)21-12-20(32)13-24(33)28(21)36-30(39)37-41-3/h4-5,8-14,25,27H,6-7,15,34H2,1-3H3,(H2,36,37,39). The van der Waals surface area contributed by atoms with Crippen molar-refractivity contribution >= 4 is 28.3 Å². The number of hydrogen-bond acceptors (Lipinski definition) is 6. The largest absolute Gasteiger partial charge is 0.378 e. The number of nitrogens with two attached hydrogens (primary N) is 1. The number of methoxy groups -OCH3 is 1. The Balaban J connectivity index is 1.74. The summed E-state index contributed by atoms with van der Waals surface area (Å²) >= 11 is 0. The molecule has 4 N–H and O–H groups in total. The van der Waals surface area contributed by atoms with Gasteiger partial charge in [-0.1, -0.05) is 12.1 Å². The minimum Gasteiger partial charge on any atom is -0.378 e. The van der Waals surface area contributed by atoms with Gasteiger partial charge in [0.05, 0.1) is 30.1 Å². The van der Waals surface area contributed by atoms with Gasteiger partial charge in [0.2, 0.25) is 0 Å². The Labute approximate surface area is 235 Å². The number of pyridine rings is 1. The number of anilines is 2. The predicted molar refractivity (Wildman–Crippen MR) is 152 cm³/mol. The summed E-state index contributed by atoms with van der Waals surface area (Å²) in [6, 6.07) is 10.8. The Hall–Kier alpha value is -4.19. The van der Waals surface area contributed by atoms with Crippen LogP contribution in [0.4, 0.5) is 29.3 Å². The monoisotopic (exact) mass is 565 g/mol. The van der Waals surface area contributed by atoms with Gasteiger partial charge in [-0.15, -0.1) is 0 Å². The summed E-state index contributed by atoms with van der Waals surface area (Å²) in [6.45, 7) is 2.89. The molecule has 1 saturated heterocycles. The van der Waals surface area contributed by atoms with Gasteiger partial charge in [-0.2, -0.15) is 0 Å². The van der Waals surface area contributed by atoms with E-state index in [4.69, 9.17) is 10.5 Å². The lowest BCUT2D eigenvalue weighted by Gasteiger charge is -2.38. The van der Waals surface area contributed by atoms with Crippen molar-refractivity contribution < 1.29 is 27.5 Å². The zero-order chi connectivity index (χ0) is 29.3. The molecule has 11 heteroatoms. The Morgan fingerprint density at radius 3 is 2.54 bits per heavy atom. The van der Waals surface area contributed by atoms with Crippen LogP contribution in [0.25, 0.3) is 33.2 Å². The number of amides is 2. The molecule has 0 spiro atoms. The minimum atomic E-state index is -0.957. The van der Waals surface area contributed by atoms with Crippen molar-refractivity contribution in [2.45, 2.75) is 25.5 Å². The number of hydrogen-bond donors (Lipinski definition) is 3. The van der Waals surface area contributed by atoms with Crippen LogP contribution < -0.4 is 21.4 Å². The number of piperidine rings is 1. The van der Waals surface area contributed by atoms with E-state index in [-0.39, 0.29) is 29.2 Å². The number of nitrogens with one attached hydrogen (secondary N) is 2. The highest BCUT2D eigenvalue weighted by Gasteiger charge is 2.29. The first-order chi connectivity index (χ1) is 19.7. The van der Waals surface area contributed by atoms with Crippen LogP contribution in [0.3, 0.4) is 0 Å². The van der Waals surface area contributed by atoms with Crippen molar-refractivity contribution in [1.29, 1.82) is 0 Å². The second-order valence-corrected chi connectivity index (χ2v) is 10.0. The van der Waals surface area contributed by atoms with E-state index in [0.717, 1.165) is 17.3 Å². The van der Waals surface area contributed by atoms with E-state index in [9.17, 15) is 18.0 Å². The molecule has 2 atom stereocenters. The van der Waals surface area contributed by atoms with Crippen molar-refractivity contribution in [2.24, 2.45) is 5.73 Å². The third-order valence-electron chi connectivity index (χ3n) is 7.22. The molecule has 5 rings (SSSR count). The molecule has 41 heavy (non-hydrogen) atoms. The number of carbonyl (C=O) groups excluding carboxylic acids is 1. The number of carbonyl (C=O) groups is 1. The molecule has 1 aromatic heterocycles. The summed E-state index contributed by atoms with van der Waals surface area (Å²) in [7, 11) is 2.85. The molecule has 0 aliphatic carbocycles. The summed E-state index contributed by atoms with van der Waals surface area (Å²) in [5.74, 6) is -2.15. The van der Waals surface area contributed by atoms with Gasteiger partial charge in [0.25, 0.3) is 0 Å². The Kier molecular flexibility index (Phi) is 8.11. The summed E-state index contributed by atoms with van der Waals surface area (Å²) in [6.07, 6.45) is 2.11. The van der Waals surface area contributed by atoms with E-state index < -0.39 is 17.7 Å². The average molecular weight is 566 g/mol. The molecule has 0 bridgehead atoms. The zero-order valence-corrected chi connectivity index (χ0v) is 22.8. The smallest absolute Gasteiger partial charge is 0.343 e. The van der Waals surface area contributed by atoms with E-state index in [1.807, 2.05) is 13.0 Å². The van der Waals surface area contributed by atoms with Crippen molar-refractivity contribution in [3.8, 4) is 22.3 Å². The van der Waals surface area contributed by atoms with Crippen LogP contribution in [0.5, 0.6) is 0 Å². The maximum atomic E-state index is 15.0. The summed E-state index contributed by atoms with van der Waals surface area (Å²) < 4.78 is 49.6. The van der Waals surface area contributed by atoms with Crippen LogP contribution in [-0.4, -0.2) is 50.5 Å². The second-order valence-electron chi connectivity index (χ2n) is 10.0. The molecular weight excluding hydrogens is 535 g/mol. The number of hydroxylamine groups is 1. The van der Waals surface area contributed by atoms with Crippen LogP contribution in [0.2, 0.25) is 0 Å². The van der Waals surface area contributed by atoms with E-state index in [2.05, 4.69) is 25.5 Å². The maximum absolute atomic E-state index is 15.0. The van der Waals surface area contributed by atoms with E-state index >= 15 is 0 Å². The SMILES string of the molecule is CONC(=O)Nc1c(F)cc(F)cc1-c1ccc2ncc(-c3cc(C)cc(F)c3)c(N3CCC(N)C(OC)C3)c2c1. The first-order valence-electron chi connectivity index (χ1n) is 13.0. The highest BCUT2D eigenvalue weighted by atomic mass is 19.1. The first-order valence-corrected chi connectivity index (χ1v) is 13.0. The number of urea groups is 1. The highest BCUT2D eigenvalue weighted by molar-refractivity contribution is 6.03. The van der Waals surface area contributed by atoms with Crippen LogP contribution in [0.15, 0.2) is 54.7 Å². The molecular formula is C30H30F3N5O3. The first kappa shape index (κ1) is 28.3. The number of halogens is 3. The van der Waals surface area contributed by atoms with E-state index in [1.54, 1.807) is 31.5 Å². The number of aromatic nitrogens is 1. The summed E-state index contributed by atoms with van der Waals surface area (Å²) in [4.78, 5) is 23.5. The average Bonchev–Trinajstić information content (AvgIpc) is 2.93. The normalized spacial score (nSPS) is 17.1. The number of rotatable bonds is 6. The maximum Gasteiger partial charge on any atom is 0.343 e. The molecule has 3 aromatic carbocycles. The molecule has 0 radical (unpaired) electrons. The van der Waals surface area contributed by atoms with Crippen molar-refractivity contribution in [1.82, 2.24) is 10.5 Å². The Bertz CT molecular complexity index is 1600. The summed E-state index contributed by atoms with van der Waals surface area (Å²) in [5, 5.41) is 3.06. The second kappa shape index (κ2) is 11.7. The molecule has 1 aliphatic rings. The fraction of sp³-hybridized carbons (Fsp3) is 0.267. The van der Waals surface area contributed by atoms with Gasteiger partial charge in [0.1, 0.15) is 17.5 Å². The molecule has 8 nitrogen and oxygen atoms in total. The van der Waals surface area contributed by atoms with Gasteiger partial charge in [-0.05, 0) is 60.4 Å². The van der Waals surface area contributed by atoms with Gasteiger partial charge < -0.3 is 20.7 Å². The molecule has 214 valence electrons.